The van der Waals surface area contributed by atoms with Gasteiger partial charge in [-0.25, -0.2) is 4.98 Å². The van der Waals surface area contributed by atoms with Crippen molar-refractivity contribution in [3.8, 4) is 11.4 Å². The normalized spacial score (nSPS) is 15.2. The van der Waals surface area contributed by atoms with E-state index >= 15 is 0 Å². The van der Waals surface area contributed by atoms with Crippen molar-refractivity contribution in [1.29, 1.82) is 0 Å². The molecule has 2 aromatic heterocycles. The molecule has 1 fully saturated rings. The molecule has 0 spiro atoms. The van der Waals surface area contributed by atoms with Crippen molar-refractivity contribution >= 4 is 11.8 Å². The monoisotopic (exact) mass is 258 g/mol. The Morgan fingerprint density at radius 1 is 1.11 bits per heavy atom. The summed E-state index contributed by atoms with van der Waals surface area (Å²) in [5.74, 6) is 1.21. The molecule has 2 N–H and O–H groups in total. The Morgan fingerprint density at radius 2 is 1.84 bits per heavy atom. The molecule has 6 heteroatoms. The van der Waals surface area contributed by atoms with Crippen LogP contribution in [0.15, 0.2) is 12.1 Å². The van der Waals surface area contributed by atoms with Crippen LogP contribution in [0.5, 0.6) is 0 Å². The van der Waals surface area contributed by atoms with Crippen LogP contribution in [0.3, 0.4) is 0 Å². The van der Waals surface area contributed by atoms with Gasteiger partial charge in [-0.3, -0.25) is 4.68 Å². The number of hydrogen-bond donors (Lipinski definition) is 1. The summed E-state index contributed by atoms with van der Waals surface area (Å²) in [6, 6.07) is 3.99. The SMILES string of the molecule is Cc1cc(-c2cc(N3CCCC3)nc(N)n2)nn1C. The quantitative estimate of drug-likeness (QED) is 0.880. The lowest BCUT2D eigenvalue weighted by atomic mass is 10.2. The van der Waals surface area contributed by atoms with Crippen LogP contribution >= 0.6 is 0 Å². The molecule has 3 rings (SSSR count). The fourth-order valence-electron chi connectivity index (χ4n) is 2.38. The van der Waals surface area contributed by atoms with Gasteiger partial charge in [0.05, 0.1) is 5.69 Å². The molecule has 1 saturated heterocycles. The third kappa shape index (κ3) is 2.25. The van der Waals surface area contributed by atoms with E-state index in [1.807, 2.05) is 30.8 Å². The largest absolute Gasteiger partial charge is 0.368 e. The third-order valence-corrected chi connectivity index (χ3v) is 3.54. The van der Waals surface area contributed by atoms with Gasteiger partial charge in [0, 0.05) is 31.9 Å². The molecule has 0 amide bonds. The van der Waals surface area contributed by atoms with Crippen LogP contribution in [-0.4, -0.2) is 32.8 Å². The Hall–Kier alpha value is -2.11. The number of hydrogen-bond acceptors (Lipinski definition) is 5. The van der Waals surface area contributed by atoms with E-state index in [0.717, 1.165) is 36.0 Å². The summed E-state index contributed by atoms with van der Waals surface area (Å²) in [6.07, 6.45) is 2.42. The van der Waals surface area contributed by atoms with E-state index in [-0.39, 0.29) is 0 Å². The molecule has 0 unspecified atom stereocenters. The fourth-order valence-corrected chi connectivity index (χ4v) is 2.38. The molecule has 2 aromatic rings. The van der Waals surface area contributed by atoms with Crippen LogP contribution in [-0.2, 0) is 7.05 Å². The smallest absolute Gasteiger partial charge is 0.222 e. The van der Waals surface area contributed by atoms with Crippen LogP contribution in [0.1, 0.15) is 18.5 Å². The summed E-state index contributed by atoms with van der Waals surface area (Å²) in [4.78, 5) is 10.9. The predicted octanol–water partition coefficient (Wildman–Crippen LogP) is 1.37. The van der Waals surface area contributed by atoms with E-state index in [1.54, 1.807) is 0 Å². The minimum atomic E-state index is 0.308. The van der Waals surface area contributed by atoms with Crippen molar-refractivity contribution in [1.82, 2.24) is 19.7 Å². The lowest BCUT2D eigenvalue weighted by Crippen LogP contribution is -2.19. The molecule has 0 atom stereocenters. The van der Waals surface area contributed by atoms with Gasteiger partial charge in [0.25, 0.3) is 0 Å². The van der Waals surface area contributed by atoms with Gasteiger partial charge in [0.15, 0.2) is 0 Å². The number of nitrogens with zero attached hydrogens (tertiary/aromatic N) is 5. The van der Waals surface area contributed by atoms with Crippen LogP contribution in [0.25, 0.3) is 11.4 Å². The van der Waals surface area contributed by atoms with Gasteiger partial charge >= 0.3 is 0 Å². The van der Waals surface area contributed by atoms with E-state index in [1.165, 1.54) is 12.8 Å². The first-order valence-corrected chi connectivity index (χ1v) is 6.54. The number of aryl methyl sites for hydroxylation is 2. The molecule has 1 aliphatic heterocycles. The van der Waals surface area contributed by atoms with Crippen molar-refractivity contribution in [3.05, 3.63) is 17.8 Å². The van der Waals surface area contributed by atoms with Gasteiger partial charge in [-0.05, 0) is 25.8 Å². The highest BCUT2D eigenvalue weighted by Gasteiger charge is 2.16. The molecule has 0 saturated carbocycles. The lowest BCUT2D eigenvalue weighted by molar-refractivity contribution is 0.742. The first-order chi connectivity index (χ1) is 9.13. The van der Waals surface area contributed by atoms with E-state index < -0.39 is 0 Å². The summed E-state index contributed by atoms with van der Waals surface area (Å²) >= 11 is 0. The Bertz CT molecular complexity index is 578. The van der Waals surface area contributed by atoms with Gasteiger partial charge in [0.2, 0.25) is 5.95 Å². The number of nitrogen functional groups attached to an aromatic ring is 1. The Kier molecular flexibility index (Phi) is 2.85. The maximum absolute atomic E-state index is 5.83. The lowest BCUT2D eigenvalue weighted by Gasteiger charge is -2.16. The minimum Gasteiger partial charge on any atom is -0.368 e. The number of nitrogens with two attached hydrogens (primary N) is 1. The fraction of sp³-hybridized carbons (Fsp3) is 0.462. The molecule has 0 aliphatic carbocycles. The van der Waals surface area contributed by atoms with Crippen molar-refractivity contribution in [2.45, 2.75) is 19.8 Å². The zero-order valence-corrected chi connectivity index (χ0v) is 11.3. The van der Waals surface area contributed by atoms with Gasteiger partial charge in [-0.2, -0.15) is 10.1 Å². The first-order valence-electron chi connectivity index (χ1n) is 6.54. The average Bonchev–Trinajstić information content (AvgIpc) is 3.00. The first kappa shape index (κ1) is 12.0. The molecule has 3 heterocycles. The van der Waals surface area contributed by atoms with E-state index in [2.05, 4.69) is 20.0 Å². The van der Waals surface area contributed by atoms with Crippen molar-refractivity contribution in [3.63, 3.8) is 0 Å². The predicted molar refractivity (Wildman–Crippen MR) is 74.8 cm³/mol. The van der Waals surface area contributed by atoms with Crippen LogP contribution in [0.2, 0.25) is 0 Å². The van der Waals surface area contributed by atoms with Crippen LogP contribution < -0.4 is 10.6 Å². The van der Waals surface area contributed by atoms with Gasteiger partial charge in [0.1, 0.15) is 11.5 Å². The summed E-state index contributed by atoms with van der Waals surface area (Å²) in [7, 11) is 1.92. The number of aromatic nitrogens is 4. The summed E-state index contributed by atoms with van der Waals surface area (Å²) in [5, 5.41) is 4.44. The molecular formula is C13H18N6. The third-order valence-electron chi connectivity index (χ3n) is 3.54. The average molecular weight is 258 g/mol. The van der Waals surface area contributed by atoms with E-state index in [4.69, 9.17) is 5.73 Å². The standard InChI is InChI=1S/C13H18N6/c1-9-7-11(17-18(9)2)10-8-12(16-13(14)15-10)19-5-3-4-6-19/h7-8H,3-6H2,1-2H3,(H2,14,15,16). The maximum Gasteiger partial charge on any atom is 0.222 e. The Morgan fingerprint density at radius 3 is 2.47 bits per heavy atom. The van der Waals surface area contributed by atoms with Crippen LogP contribution in [0, 0.1) is 6.92 Å². The highest BCUT2D eigenvalue weighted by molar-refractivity contribution is 5.61. The molecule has 19 heavy (non-hydrogen) atoms. The molecule has 6 nitrogen and oxygen atoms in total. The van der Waals surface area contributed by atoms with Crippen molar-refractivity contribution in [2.24, 2.45) is 7.05 Å². The molecule has 0 aromatic carbocycles. The maximum atomic E-state index is 5.83. The molecule has 100 valence electrons. The summed E-state index contributed by atoms with van der Waals surface area (Å²) in [5.41, 5.74) is 8.55. The Labute approximate surface area is 112 Å². The zero-order chi connectivity index (χ0) is 13.4. The molecule has 0 bridgehead atoms. The van der Waals surface area contributed by atoms with Crippen molar-refractivity contribution in [2.75, 3.05) is 23.7 Å². The molecule has 0 radical (unpaired) electrons. The topological polar surface area (TPSA) is 72.9 Å². The second-order valence-electron chi connectivity index (χ2n) is 4.96. The number of rotatable bonds is 2. The van der Waals surface area contributed by atoms with E-state index in [0.29, 0.717) is 5.95 Å². The molecule has 1 aliphatic rings. The van der Waals surface area contributed by atoms with Crippen LogP contribution in [0.4, 0.5) is 11.8 Å². The minimum absolute atomic E-state index is 0.308. The zero-order valence-electron chi connectivity index (χ0n) is 11.3. The highest BCUT2D eigenvalue weighted by atomic mass is 15.3. The van der Waals surface area contributed by atoms with Gasteiger partial charge < -0.3 is 10.6 Å². The highest BCUT2D eigenvalue weighted by Crippen LogP contribution is 2.24. The Balaban J connectivity index is 2.01. The summed E-state index contributed by atoms with van der Waals surface area (Å²) in [6.45, 7) is 4.09. The van der Waals surface area contributed by atoms with Gasteiger partial charge in [-0.15, -0.1) is 0 Å². The van der Waals surface area contributed by atoms with Gasteiger partial charge in [-0.1, -0.05) is 0 Å². The van der Waals surface area contributed by atoms with Crippen molar-refractivity contribution < 1.29 is 0 Å². The summed E-state index contributed by atoms with van der Waals surface area (Å²) < 4.78 is 1.84. The molecular weight excluding hydrogens is 240 g/mol. The number of anilines is 2. The second-order valence-corrected chi connectivity index (χ2v) is 4.96. The van der Waals surface area contributed by atoms with E-state index in [9.17, 15) is 0 Å². The second kappa shape index (κ2) is 4.53.